The number of benzene rings is 1. The molecule has 0 spiro atoms. The maximum atomic E-state index is 12.7. The van der Waals surface area contributed by atoms with Crippen LogP contribution in [-0.2, 0) is 11.2 Å². The monoisotopic (exact) mass is 317 g/mol. The van der Waals surface area contributed by atoms with Crippen molar-refractivity contribution in [3.63, 3.8) is 0 Å². The number of nitrogens with zero attached hydrogens (tertiary/aromatic N) is 1. The third kappa shape index (κ3) is 3.25. The number of carbonyl (C=O) groups excluding carboxylic acids is 2. The van der Waals surface area contributed by atoms with Crippen molar-refractivity contribution < 1.29 is 14.3 Å². The van der Waals surface area contributed by atoms with Crippen LogP contribution in [0.5, 0.6) is 5.75 Å². The minimum atomic E-state index is -0.454. The second kappa shape index (κ2) is 6.89. The van der Waals surface area contributed by atoms with Gasteiger partial charge in [0.2, 0.25) is 5.91 Å². The molecule has 0 unspecified atom stereocenters. The Morgan fingerprint density at radius 2 is 2.22 bits per heavy atom. The van der Waals surface area contributed by atoms with Crippen LogP contribution in [0.4, 0.5) is 10.5 Å². The number of rotatable bonds is 2. The summed E-state index contributed by atoms with van der Waals surface area (Å²) >= 11 is 0. The van der Waals surface area contributed by atoms with Gasteiger partial charge in [0, 0.05) is 13.1 Å². The summed E-state index contributed by atoms with van der Waals surface area (Å²) in [4.78, 5) is 26.5. The number of nitrogens with one attached hydrogen (secondary N) is 2. The Labute approximate surface area is 136 Å². The lowest BCUT2D eigenvalue weighted by molar-refractivity contribution is -0.122. The lowest BCUT2D eigenvalue weighted by Gasteiger charge is -2.32. The highest BCUT2D eigenvalue weighted by Gasteiger charge is 2.29. The molecular formula is C17H23N3O3. The largest absolute Gasteiger partial charge is 0.495 e. The van der Waals surface area contributed by atoms with Crippen LogP contribution >= 0.6 is 0 Å². The Hall–Kier alpha value is -2.24. The molecule has 2 aliphatic rings. The molecule has 0 aliphatic carbocycles. The Morgan fingerprint density at radius 1 is 1.35 bits per heavy atom. The summed E-state index contributed by atoms with van der Waals surface area (Å²) in [7, 11) is 1.61. The SMILES string of the molecule is COc1cccc2c1N(C(=O)N[C@H]1CCCCNC1=O)CCC2. The van der Waals surface area contributed by atoms with Gasteiger partial charge in [-0.25, -0.2) is 4.79 Å². The molecule has 1 fully saturated rings. The molecule has 3 rings (SSSR count). The fourth-order valence-electron chi connectivity index (χ4n) is 3.29. The van der Waals surface area contributed by atoms with E-state index >= 15 is 0 Å². The number of para-hydroxylation sites is 1. The van der Waals surface area contributed by atoms with Crippen LogP contribution in [0.1, 0.15) is 31.2 Å². The van der Waals surface area contributed by atoms with E-state index in [-0.39, 0.29) is 11.9 Å². The second-order valence-corrected chi connectivity index (χ2v) is 6.01. The van der Waals surface area contributed by atoms with Crippen LogP contribution < -0.4 is 20.3 Å². The van der Waals surface area contributed by atoms with Gasteiger partial charge < -0.3 is 15.4 Å². The highest BCUT2D eigenvalue weighted by Crippen LogP contribution is 2.36. The van der Waals surface area contributed by atoms with Gasteiger partial charge in [-0.2, -0.15) is 0 Å². The van der Waals surface area contributed by atoms with Crippen molar-refractivity contribution in [3.05, 3.63) is 23.8 Å². The molecule has 1 aromatic rings. The fraction of sp³-hybridized carbons (Fsp3) is 0.529. The zero-order valence-corrected chi connectivity index (χ0v) is 13.4. The Bertz CT molecular complexity index is 588. The van der Waals surface area contributed by atoms with E-state index in [0.29, 0.717) is 25.3 Å². The first-order chi connectivity index (χ1) is 11.2. The average Bonchev–Trinajstić information content (AvgIpc) is 2.78. The molecule has 6 nitrogen and oxygen atoms in total. The minimum Gasteiger partial charge on any atom is -0.495 e. The number of hydrogen-bond acceptors (Lipinski definition) is 3. The number of fused-ring (bicyclic) bond motifs is 1. The van der Waals surface area contributed by atoms with Crippen LogP contribution in [0, 0.1) is 0 Å². The van der Waals surface area contributed by atoms with Gasteiger partial charge in [0.15, 0.2) is 0 Å². The number of ether oxygens (including phenoxy) is 1. The van der Waals surface area contributed by atoms with Crippen molar-refractivity contribution in [2.75, 3.05) is 25.1 Å². The Morgan fingerprint density at radius 3 is 3.04 bits per heavy atom. The molecule has 2 heterocycles. The van der Waals surface area contributed by atoms with Crippen LogP contribution in [0.3, 0.4) is 0 Å². The molecule has 0 bridgehead atoms. The van der Waals surface area contributed by atoms with E-state index < -0.39 is 6.04 Å². The molecule has 0 radical (unpaired) electrons. The van der Waals surface area contributed by atoms with E-state index in [1.807, 2.05) is 18.2 Å². The van der Waals surface area contributed by atoms with E-state index in [4.69, 9.17) is 4.74 Å². The fourth-order valence-corrected chi connectivity index (χ4v) is 3.29. The average molecular weight is 317 g/mol. The van der Waals surface area contributed by atoms with E-state index in [2.05, 4.69) is 10.6 Å². The molecule has 23 heavy (non-hydrogen) atoms. The number of carbonyl (C=O) groups is 2. The minimum absolute atomic E-state index is 0.0897. The summed E-state index contributed by atoms with van der Waals surface area (Å²) in [5.41, 5.74) is 1.93. The van der Waals surface area contributed by atoms with Gasteiger partial charge in [-0.3, -0.25) is 9.69 Å². The molecule has 0 aromatic heterocycles. The number of anilines is 1. The van der Waals surface area contributed by atoms with Gasteiger partial charge in [0.1, 0.15) is 11.8 Å². The summed E-state index contributed by atoms with van der Waals surface area (Å²) in [6, 6.07) is 5.15. The number of amides is 3. The first-order valence-corrected chi connectivity index (χ1v) is 8.22. The zero-order valence-electron chi connectivity index (χ0n) is 13.4. The lowest BCUT2D eigenvalue weighted by Crippen LogP contribution is -2.51. The molecule has 2 aliphatic heterocycles. The normalized spacial score (nSPS) is 21.0. The van der Waals surface area contributed by atoms with Gasteiger partial charge in [-0.05, 0) is 43.7 Å². The number of methoxy groups -OCH3 is 1. The van der Waals surface area contributed by atoms with E-state index in [9.17, 15) is 9.59 Å². The van der Waals surface area contributed by atoms with Crippen molar-refractivity contribution in [1.29, 1.82) is 0 Å². The van der Waals surface area contributed by atoms with Crippen LogP contribution in [-0.4, -0.2) is 38.2 Å². The van der Waals surface area contributed by atoms with Crippen LogP contribution in [0.2, 0.25) is 0 Å². The van der Waals surface area contributed by atoms with Gasteiger partial charge in [-0.15, -0.1) is 0 Å². The number of urea groups is 1. The molecule has 1 aromatic carbocycles. The second-order valence-electron chi connectivity index (χ2n) is 6.01. The quantitative estimate of drug-likeness (QED) is 0.874. The summed E-state index contributed by atoms with van der Waals surface area (Å²) < 4.78 is 5.42. The van der Waals surface area contributed by atoms with Gasteiger partial charge in [-0.1, -0.05) is 12.1 Å². The highest BCUT2D eigenvalue weighted by molar-refractivity contribution is 5.97. The summed E-state index contributed by atoms with van der Waals surface area (Å²) in [5.74, 6) is 0.607. The highest BCUT2D eigenvalue weighted by atomic mass is 16.5. The van der Waals surface area contributed by atoms with Gasteiger partial charge in [0.05, 0.1) is 12.8 Å². The molecular weight excluding hydrogens is 294 g/mol. The maximum Gasteiger partial charge on any atom is 0.322 e. The van der Waals surface area contributed by atoms with Gasteiger partial charge in [0.25, 0.3) is 0 Å². The van der Waals surface area contributed by atoms with Crippen LogP contribution in [0.15, 0.2) is 18.2 Å². The maximum absolute atomic E-state index is 12.7. The van der Waals surface area contributed by atoms with E-state index in [0.717, 1.165) is 36.9 Å². The molecule has 124 valence electrons. The van der Waals surface area contributed by atoms with E-state index in [1.54, 1.807) is 12.0 Å². The van der Waals surface area contributed by atoms with Gasteiger partial charge >= 0.3 is 6.03 Å². The Balaban J connectivity index is 1.80. The van der Waals surface area contributed by atoms with Crippen molar-refractivity contribution in [2.45, 2.75) is 38.1 Å². The first kappa shape index (κ1) is 15.6. The van der Waals surface area contributed by atoms with Crippen molar-refractivity contribution in [2.24, 2.45) is 0 Å². The van der Waals surface area contributed by atoms with Crippen LogP contribution in [0.25, 0.3) is 0 Å². The first-order valence-electron chi connectivity index (χ1n) is 8.22. The third-order valence-electron chi connectivity index (χ3n) is 4.48. The molecule has 3 amide bonds. The van der Waals surface area contributed by atoms with Crippen molar-refractivity contribution in [3.8, 4) is 5.75 Å². The molecule has 1 saturated heterocycles. The standard InChI is InChI=1S/C17H23N3O3/c1-23-14-9-4-6-12-7-5-11-20(15(12)14)17(22)19-13-8-2-3-10-18-16(13)21/h4,6,9,13H,2-3,5,7-8,10-11H2,1H3,(H,18,21)(H,19,22)/t13-/m0/s1. The topological polar surface area (TPSA) is 70.7 Å². The van der Waals surface area contributed by atoms with Crippen molar-refractivity contribution in [1.82, 2.24) is 10.6 Å². The number of aryl methyl sites for hydroxylation is 1. The van der Waals surface area contributed by atoms with Crippen molar-refractivity contribution >= 4 is 17.6 Å². The molecule has 2 N–H and O–H groups in total. The predicted molar refractivity (Wildman–Crippen MR) is 87.8 cm³/mol. The summed E-state index contributed by atoms with van der Waals surface area (Å²) in [5, 5.41) is 5.74. The van der Waals surface area contributed by atoms with E-state index in [1.165, 1.54) is 0 Å². The number of hydrogen-bond donors (Lipinski definition) is 2. The summed E-state index contributed by atoms with van der Waals surface area (Å²) in [6.45, 7) is 1.32. The predicted octanol–water partition coefficient (Wildman–Crippen LogP) is 1.83. The Kier molecular flexibility index (Phi) is 4.69. The lowest BCUT2D eigenvalue weighted by atomic mass is 10.0. The zero-order chi connectivity index (χ0) is 16.2. The summed E-state index contributed by atoms with van der Waals surface area (Å²) in [6.07, 6.45) is 4.41. The molecule has 1 atom stereocenters. The molecule has 6 heteroatoms. The third-order valence-corrected chi connectivity index (χ3v) is 4.48. The molecule has 0 saturated carbocycles. The smallest absolute Gasteiger partial charge is 0.322 e.